The van der Waals surface area contributed by atoms with Gasteiger partial charge in [-0.1, -0.05) is 30.3 Å². The van der Waals surface area contributed by atoms with Crippen molar-refractivity contribution in [1.82, 2.24) is 9.55 Å². The van der Waals surface area contributed by atoms with Crippen molar-refractivity contribution in [2.24, 2.45) is 5.10 Å². The van der Waals surface area contributed by atoms with E-state index in [1.165, 1.54) is 12.1 Å². The number of alkyl halides is 3. The standard InChI is InChI=1S/C27H21F3N4O2S/c1-17-4-3-5-24(37(2)35)25(17)33-32-15-18-6-12-22-19(14-18)7-13-23-26(22)31-16-34(23)20-8-10-21(11-9-20)36-27(28,29)30/h3-16,33H,1-2H3/b32-15+. The van der Waals surface area contributed by atoms with Gasteiger partial charge in [0.05, 0.1) is 38.6 Å². The van der Waals surface area contributed by atoms with Crippen LogP contribution in [0.15, 0.2) is 89.1 Å². The lowest BCUT2D eigenvalue weighted by molar-refractivity contribution is -0.274. The number of aromatic nitrogens is 2. The number of anilines is 1. The fourth-order valence-electron chi connectivity index (χ4n) is 4.12. The van der Waals surface area contributed by atoms with E-state index in [0.717, 1.165) is 38.6 Å². The highest BCUT2D eigenvalue weighted by molar-refractivity contribution is 7.84. The molecule has 0 spiro atoms. The van der Waals surface area contributed by atoms with E-state index in [2.05, 4.69) is 20.2 Å². The van der Waals surface area contributed by atoms with Crippen molar-refractivity contribution >= 4 is 44.5 Å². The molecule has 5 aromatic rings. The molecule has 5 rings (SSSR count). The Balaban J connectivity index is 1.41. The zero-order valence-corrected chi connectivity index (χ0v) is 20.6. The second kappa shape index (κ2) is 9.70. The van der Waals surface area contributed by atoms with Gasteiger partial charge in [0.15, 0.2) is 0 Å². The molecule has 1 unspecified atom stereocenters. The minimum Gasteiger partial charge on any atom is -0.406 e. The largest absolute Gasteiger partial charge is 0.573 e. The Morgan fingerprint density at radius 1 is 1.05 bits per heavy atom. The number of fused-ring (bicyclic) bond motifs is 3. The zero-order valence-electron chi connectivity index (χ0n) is 19.8. The van der Waals surface area contributed by atoms with Crippen LogP contribution in [-0.4, -0.2) is 32.6 Å². The van der Waals surface area contributed by atoms with E-state index in [1.807, 2.05) is 60.0 Å². The number of aryl methyl sites for hydroxylation is 1. The molecule has 0 fully saturated rings. The lowest BCUT2D eigenvalue weighted by Crippen LogP contribution is -2.17. The Morgan fingerprint density at radius 3 is 2.57 bits per heavy atom. The van der Waals surface area contributed by atoms with E-state index < -0.39 is 17.2 Å². The number of hydrogen-bond acceptors (Lipinski definition) is 5. The minimum absolute atomic E-state index is 0.281. The van der Waals surface area contributed by atoms with Gasteiger partial charge < -0.3 is 4.74 Å². The quantitative estimate of drug-likeness (QED) is 0.202. The molecule has 1 atom stereocenters. The molecule has 1 N–H and O–H groups in total. The number of benzene rings is 4. The van der Waals surface area contributed by atoms with Crippen molar-refractivity contribution in [2.75, 3.05) is 11.7 Å². The number of halogens is 3. The molecule has 4 aromatic carbocycles. The maximum atomic E-state index is 12.4. The highest BCUT2D eigenvalue weighted by Gasteiger charge is 2.31. The van der Waals surface area contributed by atoms with Crippen molar-refractivity contribution < 1.29 is 22.1 Å². The molecule has 0 radical (unpaired) electrons. The molecule has 0 bridgehead atoms. The summed E-state index contributed by atoms with van der Waals surface area (Å²) in [6.45, 7) is 1.93. The zero-order chi connectivity index (χ0) is 26.2. The summed E-state index contributed by atoms with van der Waals surface area (Å²) < 4.78 is 55.1. The molecular formula is C27H21F3N4O2S. The average molecular weight is 523 g/mol. The van der Waals surface area contributed by atoms with Crippen molar-refractivity contribution in [1.29, 1.82) is 0 Å². The lowest BCUT2D eigenvalue weighted by Gasteiger charge is -2.10. The monoisotopic (exact) mass is 522 g/mol. The van der Waals surface area contributed by atoms with Gasteiger partial charge in [0.1, 0.15) is 12.1 Å². The van der Waals surface area contributed by atoms with Gasteiger partial charge in [-0.05, 0) is 65.9 Å². The first kappa shape index (κ1) is 24.5. The molecular weight excluding hydrogens is 501 g/mol. The molecule has 0 aliphatic rings. The summed E-state index contributed by atoms with van der Waals surface area (Å²) in [7, 11) is -1.14. The fourth-order valence-corrected chi connectivity index (χ4v) is 4.88. The molecule has 0 aliphatic carbocycles. The molecule has 0 saturated heterocycles. The predicted molar refractivity (Wildman–Crippen MR) is 140 cm³/mol. The number of imidazole rings is 1. The molecule has 1 aromatic heterocycles. The van der Waals surface area contributed by atoms with Gasteiger partial charge in [0.2, 0.25) is 0 Å². The maximum absolute atomic E-state index is 12.4. The Labute approximate surface area is 212 Å². The number of hydrazone groups is 1. The summed E-state index contributed by atoms with van der Waals surface area (Å²) in [5, 5.41) is 6.24. The van der Waals surface area contributed by atoms with Crippen molar-refractivity contribution in [3.63, 3.8) is 0 Å². The van der Waals surface area contributed by atoms with E-state index in [1.54, 1.807) is 30.9 Å². The van der Waals surface area contributed by atoms with Crippen LogP contribution in [0, 0.1) is 6.92 Å². The normalized spacial score (nSPS) is 12.9. The summed E-state index contributed by atoms with van der Waals surface area (Å²) >= 11 is 0. The van der Waals surface area contributed by atoms with Gasteiger partial charge in [-0.15, -0.1) is 13.2 Å². The Bertz CT molecular complexity index is 1660. The smallest absolute Gasteiger partial charge is 0.406 e. The van der Waals surface area contributed by atoms with Gasteiger partial charge in [0, 0.05) is 17.3 Å². The van der Waals surface area contributed by atoms with Gasteiger partial charge in [-0.2, -0.15) is 5.10 Å². The first-order valence-electron chi connectivity index (χ1n) is 11.2. The van der Waals surface area contributed by atoms with Crippen LogP contribution < -0.4 is 10.2 Å². The fraction of sp³-hybridized carbons (Fsp3) is 0.111. The SMILES string of the molecule is Cc1cccc(S(C)=O)c1N/N=C/c1ccc2c(ccc3c2ncn3-c2ccc(OC(F)(F)F)cc2)c1. The lowest BCUT2D eigenvalue weighted by atomic mass is 10.1. The molecule has 188 valence electrons. The van der Waals surface area contributed by atoms with E-state index in [0.29, 0.717) is 10.6 Å². The van der Waals surface area contributed by atoms with E-state index in [9.17, 15) is 17.4 Å². The summed E-state index contributed by atoms with van der Waals surface area (Å²) in [5.74, 6) is -0.281. The van der Waals surface area contributed by atoms with Crippen molar-refractivity contribution in [3.8, 4) is 11.4 Å². The molecule has 0 amide bonds. The molecule has 37 heavy (non-hydrogen) atoms. The third-order valence-corrected chi connectivity index (χ3v) is 6.80. The molecule has 10 heteroatoms. The van der Waals surface area contributed by atoms with Crippen LogP contribution in [0.2, 0.25) is 0 Å². The van der Waals surface area contributed by atoms with E-state index in [-0.39, 0.29) is 5.75 Å². The highest BCUT2D eigenvalue weighted by Crippen LogP contribution is 2.29. The number of para-hydroxylation sites is 1. The maximum Gasteiger partial charge on any atom is 0.573 e. The second-order valence-electron chi connectivity index (χ2n) is 8.34. The van der Waals surface area contributed by atoms with E-state index >= 15 is 0 Å². The summed E-state index contributed by atoms with van der Waals surface area (Å²) in [6, 6.07) is 21.0. The summed E-state index contributed by atoms with van der Waals surface area (Å²) in [6.07, 6.45) is 0.232. The van der Waals surface area contributed by atoms with Crippen molar-refractivity contribution in [2.45, 2.75) is 18.2 Å². The Kier molecular flexibility index (Phi) is 6.43. The van der Waals surface area contributed by atoms with Gasteiger partial charge in [-0.3, -0.25) is 14.2 Å². The Morgan fingerprint density at radius 2 is 1.84 bits per heavy atom. The first-order valence-corrected chi connectivity index (χ1v) is 12.7. The highest BCUT2D eigenvalue weighted by atomic mass is 32.2. The Hall–Kier alpha value is -4.18. The summed E-state index contributed by atoms with van der Waals surface area (Å²) in [5.41, 5.74) is 7.81. The number of nitrogens with one attached hydrogen (secondary N) is 1. The van der Waals surface area contributed by atoms with Gasteiger partial charge >= 0.3 is 6.36 Å². The average Bonchev–Trinajstić information content (AvgIpc) is 3.29. The van der Waals surface area contributed by atoms with Gasteiger partial charge in [0.25, 0.3) is 0 Å². The van der Waals surface area contributed by atoms with Crippen LogP contribution in [0.25, 0.3) is 27.5 Å². The molecule has 0 aliphatic heterocycles. The molecule has 0 saturated carbocycles. The number of nitrogens with zero attached hydrogens (tertiary/aromatic N) is 3. The van der Waals surface area contributed by atoms with Crippen LogP contribution in [0.4, 0.5) is 18.9 Å². The number of hydrogen-bond donors (Lipinski definition) is 1. The minimum atomic E-state index is -4.74. The number of rotatable bonds is 6. The van der Waals surface area contributed by atoms with Gasteiger partial charge in [-0.25, -0.2) is 4.98 Å². The second-order valence-corrected chi connectivity index (χ2v) is 9.69. The molecule has 6 nitrogen and oxygen atoms in total. The van der Waals surface area contributed by atoms with Crippen LogP contribution in [0.3, 0.4) is 0 Å². The number of ether oxygens (including phenoxy) is 1. The summed E-state index contributed by atoms with van der Waals surface area (Å²) in [4.78, 5) is 5.24. The predicted octanol–water partition coefficient (Wildman–Crippen LogP) is 6.57. The van der Waals surface area contributed by atoms with Crippen LogP contribution in [-0.2, 0) is 10.8 Å². The molecule has 1 heterocycles. The van der Waals surface area contributed by atoms with Crippen LogP contribution in [0.5, 0.6) is 5.75 Å². The third kappa shape index (κ3) is 5.19. The van der Waals surface area contributed by atoms with Crippen molar-refractivity contribution in [3.05, 3.63) is 90.3 Å². The third-order valence-electron chi connectivity index (χ3n) is 5.84. The van der Waals surface area contributed by atoms with Crippen LogP contribution >= 0.6 is 0 Å². The van der Waals surface area contributed by atoms with E-state index in [4.69, 9.17) is 0 Å². The van der Waals surface area contributed by atoms with Crippen LogP contribution in [0.1, 0.15) is 11.1 Å². The first-order chi connectivity index (χ1) is 17.7. The topological polar surface area (TPSA) is 68.5 Å².